The molecule has 5 aromatic rings. The van der Waals surface area contributed by atoms with Crippen LogP contribution in [0.25, 0.3) is 0 Å². The van der Waals surface area contributed by atoms with Crippen LogP contribution in [0.3, 0.4) is 0 Å². The molecule has 3 nitrogen and oxygen atoms in total. The number of hydrogen-bond acceptors (Lipinski definition) is 3. The van der Waals surface area contributed by atoms with Crippen LogP contribution < -0.4 is 26.4 Å². The van der Waals surface area contributed by atoms with E-state index in [9.17, 15) is 0 Å². The Morgan fingerprint density at radius 3 is 1.39 bits per heavy atom. The third-order valence-corrected chi connectivity index (χ3v) is 20.8. The molecule has 368 valence electrons. The molecule has 1 saturated carbocycles. The van der Waals surface area contributed by atoms with Gasteiger partial charge >= 0.3 is 0 Å². The molecule has 1 aromatic heterocycles. The fraction of sp³-hybridized carbons (Fsp3) is 0.576. The smallest absolute Gasteiger partial charge is 0.297 e. The van der Waals surface area contributed by atoms with Gasteiger partial charge in [-0.15, -0.1) is 0 Å². The number of rotatable bonds is 3. The number of furan rings is 1. The van der Waals surface area contributed by atoms with Crippen molar-refractivity contribution in [2.45, 2.75) is 243 Å². The summed E-state index contributed by atoms with van der Waals surface area (Å²) in [6.45, 7) is 39.9. The highest BCUT2D eigenvalue weighted by Crippen LogP contribution is 2.58. The molecule has 7 aliphatic rings. The molecular formula is C66H85BN2O. The van der Waals surface area contributed by atoms with E-state index in [0.717, 1.165) is 18.5 Å². The van der Waals surface area contributed by atoms with Crippen molar-refractivity contribution in [1.82, 2.24) is 0 Å². The van der Waals surface area contributed by atoms with Crippen LogP contribution in [0, 0.1) is 0 Å². The zero-order valence-electron chi connectivity index (χ0n) is 46.4. The van der Waals surface area contributed by atoms with E-state index in [0.29, 0.717) is 5.92 Å². The topological polar surface area (TPSA) is 19.6 Å². The molecular weight excluding hydrogens is 848 g/mol. The Labute approximate surface area is 424 Å². The molecule has 70 heavy (non-hydrogen) atoms. The Morgan fingerprint density at radius 1 is 0.429 bits per heavy atom. The van der Waals surface area contributed by atoms with Crippen LogP contribution in [0.2, 0.25) is 0 Å². The van der Waals surface area contributed by atoms with Gasteiger partial charge in [-0.25, -0.2) is 0 Å². The van der Waals surface area contributed by atoms with Gasteiger partial charge in [-0.1, -0.05) is 148 Å². The van der Waals surface area contributed by atoms with Gasteiger partial charge in [0.1, 0.15) is 5.76 Å². The van der Waals surface area contributed by atoms with E-state index in [1.54, 1.807) is 0 Å². The van der Waals surface area contributed by atoms with Gasteiger partial charge in [-0.3, -0.25) is 0 Å². The van der Waals surface area contributed by atoms with Crippen molar-refractivity contribution < 1.29 is 4.42 Å². The second kappa shape index (κ2) is 14.7. The number of benzene rings is 4. The maximum atomic E-state index is 7.91. The largest absolute Gasteiger partial charge is 0.472 e. The van der Waals surface area contributed by atoms with E-state index in [2.05, 4.69) is 181 Å². The van der Waals surface area contributed by atoms with E-state index in [1.165, 1.54) is 166 Å². The lowest BCUT2D eigenvalue weighted by Gasteiger charge is -2.48. The first kappa shape index (κ1) is 46.9. The summed E-state index contributed by atoms with van der Waals surface area (Å²) >= 11 is 0. The van der Waals surface area contributed by atoms with E-state index >= 15 is 0 Å². The third kappa shape index (κ3) is 6.71. The zero-order valence-corrected chi connectivity index (χ0v) is 46.4. The van der Waals surface area contributed by atoms with Crippen molar-refractivity contribution in [3.8, 4) is 0 Å². The molecule has 12 rings (SSSR count). The van der Waals surface area contributed by atoms with E-state index in [1.807, 2.05) is 0 Å². The summed E-state index contributed by atoms with van der Waals surface area (Å²) < 4.78 is 7.91. The first-order chi connectivity index (χ1) is 32.6. The van der Waals surface area contributed by atoms with Gasteiger partial charge in [0.25, 0.3) is 6.71 Å². The van der Waals surface area contributed by atoms with E-state index in [-0.39, 0.29) is 50.0 Å². The minimum absolute atomic E-state index is 0.0488. The Bertz CT molecular complexity index is 3010. The second-order valence-corrected chi connectivity index (χ2v) is 29.4. The highest BCUT2D eigenvalue weighted by molar-refractivity contribution is 6.99. The maximum Gasteiger partial charge on any atom is 0.297 e. The van der Waals surface area contributed by atoms with E-state index in [4.69, 9.17) is 4.42 Å². The SMILES string of the molecule is CC1(C)CCC(C)(C)c2cc(N3c4cc5c(cc4B4c6oc7c(c6N(c6ccc8c(c6)C(C)(C)CCC8(C)C)c6cc(C8CCCCC8)cc3c64)C(C)(C)CCC7(C)C)C(C)(C)CCC5(C)C)ccc21. The quantitative estimate of drug-likeness (QED) is 0.165. The first-order valence-electron chi connectivity index (χ1n) is 28.1. The normalized spacial score (nSPS) is 24.3. The summed E-state index contributed by atoms with van der Waals surface area (Å²) in [4.78, 5) is 5.57. The van der Waals surface area contributed by atoms with Gasteiger partial charge < -0.3 is 14.2 Å². The van der Waals surface area contributed by atoms with Crippen LogP contribution in [0.1, 0.15) is 250 Å². The summed E-state index contributed by atoms with van der Waals surface area (Å²) in [6.07, 6.45) is 15.9. The van der Waals surface area contributed by atoms with Crippen LogP contribution >= 0.6 is 0 Å². The Kier molecular flexibility index (Phi) is 9.87. The van der Waals surface area contributed by atoms with Gasteiger partial charge in [0.05, 0.1) is 11.3 Å². The molecule has 0 atom stereocenters. The number of fused-ring (bicyclic) bond motifs is 9. The van der Waals surface area contributed by atoms with Crippen LogP contribution in [0.15, 0.2) is 65.1 Å². The predicted molar refractivity (Wildman–Crippen MR) is 300 cm³/mol. The van der Waals surface area contributed by atoms with Crippen LogP contribution in [0.4, 0.5) is 34.1 Å². The lowest BCUT2D eigenvalue weighted by molar-refractivity contribution is 0.282. The minimum Gasteiger partial charge on any atom is -0.472 e. The summed E-state index contributed by atoms with van der Waals surface area (Å²) in [5, 5.41) is 0. The molecule has 0 saturated heterocycles. The van der Waals surface area contributed by atoms with Crippen molar-refractivity contribution in [3.05, 3.63) is 111 Å². The van der Waals surface area contributed by atoms with Gasteiger partial charge in [-0.2, -0.15) is 0 Å². The van der Waals surface area contributed by atoms with Crippen LogP contribution in [-0.4, -0.2) is 6.71 Å². The standard InChI is InChI=1S/C66H85BN2O/c1-59(2)26-28-61(5,6)46-36-42(22-24-44(46)59)68-51-39-49-48(63(9,10)30-31-64(49,11)12)38-50(51)67-55-52(68)34-41(40-20-18-17-19-21-40)35-53(55)69(43-23-25-45-47(37-43)62(7,8)29-27-60(45,3)4)56-54-57(70-58(56)67)66(15,16)33-32-65(54,13)14/h22-25,34-40H,17-21,26-33H2,1-16H3. The molecule has 2 aliphatic heterocycles. The fourth-order valence-electron chi connectivity index (χ4n) is 15.5. The number of anilines is 6. The Balaban J connectivity index is 1.23. The number of nitrogens with zero attached hydrogens (tertiary/aromatic N) is 2. The molecule has 0 amide bonds. The van der Waals surface area contributed by atoms with Gasteiger partial charge in [0.15, 0.2) is 0 Å². The first-order valence-corrected chi connectivity index (χ1v) is 28.1. The Morgan fingerprint density at radius 2 is 0.857 bits per heavy atom. The number of hydrogen-bond donors (Lipinski definition) is 0. The molecule has 1 fully saturated rings. The highest BCUT2D eigenvalue weighted by Gasteiger charge is 2.54. The van der Waals surface area contributed by atoms with Crippen molar-refractivity contribution in [3.63, 3.8) is 0 Å². The molecule has 4 heteroatoms. The molecule has 4 aromatic carbocycles. The summed E-state index contributed by atoms with van der Waals surface area (Å²) in [7, 11) is 0. The zero-order chi connectivity index (χ0) is 49.7. The van der Waals surface area contributed by atoms with E-state index < -0.39 is 0 Å². The van der Waals surface area contributed by atoms with Gasteiger partial charge in [0, 0.05) is 39.4 Å². The summed E-state index contributed by atoms with van der Waals surface area (Å²) in [5.41, 5.74) is 24.5. The van der Waals surface area contributed by atoms with Crippen molar-refractivity contribution in [2.24, 2.45) is 0 Å². The lowest BCUT2D eigenvalue weighted by Crippen LogP contribution is -2.61. The monoisotopic (exact) mass is 933 g/mol. The summed E-state index contributed by atoms with van der Waals surface area (Å²) in [5.74, 6) is 1.74. The van der Waals surface area contributed by atoms with Crippen molar-refractivity contribution in [1.29, 1.82) is 0 Å². The highest BCUT2D eigenvalue weighted by atomic mass is 16.3. The van der Waals surface area contributed by atoms with Gasteiger partial charge in [0.2, 0.25) is 0 Å². The Hall–Kier alpha value is -4.18. The summed E-state index contributed by atoms with van der Waals surface area (Å²) in [6, 6.07) is 26.2. The molecule has 3 heterocycles. The molecule has 0 spiro atoms. The fourth-order valence-corrected chi connectivity index (χ4v) is 15.5. The van der Waals surface area contributed by atoms with Crippen molar-refractivity contribution >= 4 is 57.4 Å². The molecule has 0 bridgehead atoms. The van der Waals surface area contributed by atoms with Gasteiger partial charge in [-0.05, 0) is 200 Å². The minimum atomic E-state index is -0.0902. The third-order valence-electron chi connectivity index (χ3n) is 20.8. The molecule has 5 aliphatic carbocycles. The molecule has 0 N–H and O–H groups in total. The van der Waals surface area contributed by atoms with Crippen LogP contribution in [0.5, 0.6) is 0 Å². The predicted octanol–water partition coefficient (Wildman–Crippen LogP) is 16.8. The maximum absolute atomic E-state index is 7.91. The average molecular weight is 933 g/mol. The lowest BCUT2D eigenvalue weighted by atomic mass is 9.35. The molecule has 0 unspecified atom stereocenters. The molecule has 0 radical (unpaired) electrons. The average Bonchev–Trinajstić information content (AvgIpc) is 3.73. The van der Waals surface area contributed by atoms with Crippen molar-refractivity contribution in [2.75, 3.05) is 9.80 Å². The second-order valence-electron chi connectivity index (χ2n) is 29.4. The van der Waals surface area contributed by atoms with Crippen LogP contribution in [-0.2, 0) is 43.3 Å².